The van der Waals surface area contributed by atoms with Gasteiger partial charge in [0.15, 0.2) is 0 Å². The summed E-state index contributed by atoms with van der Waals surface area (Å²) >= 11 is 0. The van der Waals surface area contributed by atoms with Gasteiger partial charge >= 0.3 is 0 Å². The summed E-state index contributed by atoms with van der Waals surface area (Å²) in [6.45, 7) is 2.36. The lowest BCUT2D eigenvalue weighted by Gasteiger charge is -2.20. The Bertz CT molecular complexity index is 224. The van der Waals surface area contributed by atoms with Gasteiger partial charge in [0.25, 0.3) is 0 Å². The molecular weight excluding hydrogens is 192 g/mol. The van der Waals surface area contributed by atoms with Gasteiger partial charge in [0.1, 0.15) is 0 Å². The maximum atomic E-state index is 11.6. The largest absolute Gasteiger partial charge is 0.344 e. The summed E-state index contributed by atoms with van der Waals surface area (Å²) in [6, 6.07) is 2.02. The molecule has 0 saturated carbocycles. The summed E-state index contributed by atoms with van der Waals surface area (Å²) in [4.78, 5) is 15.1. The first kappa shape index (κ1) is 13.9. The second kappa shape index (κ2) is 8.21. The van der Waals surface area contributed by atoms with Crippen molar-refractivity contribution >= 4 is 5.91 Å². The number of amides is 1. The first-order valence-electron chi connectivity index (χ1n) is 5.11. The van der Waals surface area contributed by atoms with Gasteiger partial charge in [-0.15, -0.1) is 0 Å². The number of hydrogen-bond donors (Lipinski definition) is 1. The van der Waals surface area contributed by atoms with Crippen LogP contribution in [0.3, 0.4) is 0 Å². The van der Waals surface area contributed by atoms with Crippen LogP contribution in [-0.2, 0) is 4.79 Å². The van der Waals surface area contributed by atoms with E-state index in [4.69, 9.17) is 11.0 Å². The van der Waals surface area contributed by atoms with Gasteiger partial charge in [-0.05, 0) is 26.6 Å². The Morgan fingerprint density at radius 1 is 1.40 bits per heavy atom. The minimum absolute atomic E-state index is 0.0461. The molecule has 0 saturated heterocycles. The SMILES string of the molecule is CN(CCCN)CC(=O)N(C)CCC#N. The third kappa shape index (κ3) is 6.89. The molecule has 0 unspecified atom stereocenters. The molecule has 0 heterocycles. The second-order valence-corrected chi connectivity index (χ2v) is 3.60. The molecule has 0 radical (unpaired) electrons. The van der Waals surface area contributed by atoms with Crippen molar-refractivity contribution in [3.8, 4) is 6.07 Å². The summed E-state index contributed by atoms with van der Waals surface area (Å²) < 4.78 is 0. The van der Waals surface area contributed by atoms with Crippen molar-refractivity contribution < 1.29 is 4.79 Å². The highest BCUT2D eigenvalue weighted by atomic mass is 16.2. The van der Waals surface area contributed by atoms with Gasteiger partial charge in [0.2, 0.25) is 5.91 Å². The molecule has 5 nitrogen and oxygen atoms in total. The Labute approximate surface area is 91.4 Å². The third-order valence-electron chi connectivity index (χ3n) is 2.13. The minimum atomic E-state index is 0.0461. The molecule has 15 heavy (non-hydrogen) atoms. The zero-order chi connectivity index (χ0) is 11.7. The highest BCUT2D eigenvalue weighted by molar-refractivity contribution is 5.77. The highest BCUT2D eigenvalue weighted by Gasteiger charge is 2.10. The van der Waals surface area contributed by atoms with E-state index in [0.29, 0.717) is 26.1 Å². The number of nitrogens with two attached hydrogens (primary N) is 1. The van der Waals surface area contributed by atoms with Crippen LogP contribution in [0.15, 0.2) is 0 Å². The molecular formula is C10H20N4O. The number of carbonyl (C=O) groups excluding carboxylic acids is 1. The van der Waals surface area contributed by atoms with Crippen molar-refractivity contribution in [1.29, 1.82) is 5.26 Å². The molecule has 86 valence electrons. The van der Waals surface area contributed by atoms with Gasteiger partial charge in [-0.2, -0.15) is 5.26 Å². The lowest BCUT2D eigenvalue weighted by molar-refractivity contribution is -0.130. The van der Waals surface area contributed by atoms with Gasteiger partial charge < -0.3 is 10.6 Å². The van der Waals surface area contributed by atoms with Crippen LogP contribution in [0.5, 0.6) is 0 Å². The van der Waals surface area contributed by atoms with Crippen molar-refractivity contribution in [2.24, 2.45) is 5.73 Å². The van der Waals surface area contributed by atoms with E-state index >= 15 is 0 Å². The van der Waals surface area contributed by atoms with E-state index < -0.39 is 0 Å². The topological polar surface area (TPSA) is 73.4 Å². The average molecular weight is 212 g/mol. The average Bonchev–Trinajstić information content (AvgIpc) is 2.22. The summed E-state index contributed by atoms with van der Waals surface area (Å²) in [7, 11) is 3.61. The molecule has 0 aromatic carbocycles. The standard InChI is InChI=1S/C10H20N4O/c1-13(7-3-5-11)9-10(15)14(2)8-4-6-12/h3-5,7-9,11H2,1-2H3. The van der Waals surface area contributed by atoms with Gasteiger partial charge in [-0.1, -0.05) is 0 Å². The number of hydrogen-bond acceptors (Lipinski definition) is 4. The van der Waals surface area contributed by atoms with Crippen molar-refractivity contribution in [1.82, 2.24) is 9.80 Å². The number of likely N-dealkylation sites (N-methyl/N-ethyl adjacent to an activating group) is 2. The Morgan fingerprint density at radius 2 is 2.07 bits per heavy atom. The molecule has 0 aromatic rings. The second-order valence-electron chi connectivity index (χ2n) is 3.60. The van der Waals surface area contributed by atoms with E-state index in [1.807, 2.05) is 18.0 Å². The molecule has 1 amide bonds. The van der Waals surface area contributed by atoms with Gasteiger partial charge in [0, 0.05) is 13.6 Å². The molecule has 0 aliphatic heterocycles. The van der Waals surface area contributed by atoms with Crippen LogP contribution in [0, 0.1) is 11.3 Å². The van der Waals surface area contributed by atoms with Crippen LogP contribution in [-0.4, -0.2) is 56.0 Å². The van der Waals surface area contributed by atoms with Crippen LogP contribution >= 0.6 is 0 Å². The van der Waals surface area contributed by atoms with Crippen molar-refractivity contribution in [3.63, 3.8) is 0 Å². The van der Waals surface area contributed by atoms with Crippen molar-refractivity contribution in [3.05, 3.63) is 0 Å². The zero-order valence-electron chi connectivity index (χ0n) is 9.57. The molecule has 0 aromatic heterocycles. The molecule has 0 spiro atoms. The quantitative estimate of drug-likeness (QED) is 0.625. The Kier molecular flexibility index (Phi) is 7.60. The van der Waals surface area contributed by atoms with E-state index in [2.05, 4.69) is 0 Å². The molecule has 0 bridgehead atoms. The minimum Gasteiger partial charge on any atom is -0.344 e. The first-order valence-corrected chi connectivity index (χ1v) is 5.11. The highest BCUT2D eigenvalue weighted by Crippen LogP contribution is 1.92. The van der Waals surface area contributed by atoms with E-state index in [-0.39, 0.29) is 5.91 Å². The molecule has 0 aliphatic rings. The number of nitrogens with zero attached hydrogens (tertiary/aromatic N) is 3. The molecule has 2 N–H and O–H groups in total. The van der Waals surface area contributed by atoms with Crippen LogP contribution in [0.25, 0.3) is 0 Å². The fourth-order valence-electron chi connectivity index (χ4n) is 1.13. The van der Waals surface area contributed by atoms with E-state index in [1.54, 1.807) is 11.9 Å². The molecule has 0 atom stereocenters. The number of nitriles is 1. The van der Waals surface area contributed by atoms with Crippen LogP contribution < -0.4 is 5.73 Å². The predicted molar refractivity (Wildman–Crippen MR) is 59.0 cm³/mol. The van der Waals surface area contributed by atoms with E-state index in [0.717, 1.165) is 13.0 Å². The fraction of sp³-hybridized carbons (Fsp3) is 0.800. The van der Waals surface area contributed by atoms with Crippen LogP contribution in [0.2, 0.25) is 0 Å². The maximum absolute atomic E-state index is 11.6. The lowest BCUT2D eigenvalue weighted by atomic mass is 10.3. The Balaban J connectivity index is 3.76. The zero-order valence-corrected chi connectivity index (χ0v) is 9.57. The summed E-state index contributed by atoms with van der Waals surface area (Å²) in [5.74, 6) is 0.0461. The normalized spacial score (nSPS) is 10.1. The van der Waals surface area contributed by atoms with Gasteiger partial charge in [-0.25, -0.2) is 0 Å². The number of carbonyl (C=O) groups is 1. The Hall–Kier alpha value is -1.12. The summed E-state index contributed by atoms with van der Waals surface area (Å²) in [5, 5.41) is 8.38. The van der Waals surface area contributed by atoms with E-state index in [1.165, 1.54) is 0 Å². The van der Waals surface area contributed by atoms with Crippen molar-refractivity contribution in [2.45, 2.75) is 12.8 Å². The predicted octanol–water partition coefficient (Wildman–Crippen LogP) is -0.361. The van der Waals surface area contributed by atoms with Gasteiger partial charge in [0.05, 0.1) is 19.0 Å². The maximum Gasteiger partial charge on any atom is 0.236 e. The molecule has 5 heteroatoms. The summed E-state index contributed by atoms with van der Waals surface area (Å²) in [5.41, 5.74) is 5.38. The smallest absolute Gasteiger partial charge is 0.236 e. The number of rotatable bonds is 7. The molecule has 0 fully saturated rings. The molecule has 0 rings (SSSR count). The van der Waals surface area contributed by atoms with Crippen LogP contribution in [0.1, 0.15) is 12.8 Å². The lowest BCUT2D eigenvalue weighted by Crippen LogP contribution is -2.37. The third-order valence-corrected chi connectivity index (χ3v) is 2.13. The monoisotopic (exact) mass is 212 g/mol. The fourth-order valence-corrected chi connectivity index (χ4v) is 1.13. The summed E-state index contributed by atoms with van der Waals surface area (Å²) in [6.07, 6.45) is 1.28. The van der Waals surface area contributed by atoms with Gasteiger partial charge in [-0.3, -0.25) is 9.69 Å². The van der Waals surface area contributed by atoms with Crippen molar-refractivity contribution in [2.75, 3.05) is 40.3 Å². The van der Waals surface area contributed by atoms with E-state index in [9.17, 15) is 4.79 Å². The van der Waals surface area contributed by atoms with Crippen LogP contribution in [0.4, 0.5) is 0 Å². The molecule has 0 aliphatic carbocycles. The first-order chi connectivity index (χ1) is 7.11. The Morgan fingerprint density at radius 3 is 2.60 bits per heavy atom.